The highest BCUT2D eigenvalue weighted by Crippen LogP contribution is 2.15. The molecule has 0 amide bonds. The summed E-state index contributed by atoms with van der Waals surface area (Å²) in [5.41, 5.74) is 5.68. The number of rotatable bonds is 4. The Morgan fingerprint density at radius 3 is 2.54 bits per heavy atom. The smallest absolute Gasteiger partial charge is 0.119 e. The van der Waals surface area contributed by atoms with Crippen molar-refractivity contribution < 1.29 is 9.84 Å². The SMILES string of the molecule is CC[C@@H](N)COc1ccc(O)cc1. The third kappa shape index (κ3) is 3.34. The van der Waals surface area contributed by atoms with Crippen LogP contribution in [-0.2, 0) is 0 Å². The van der Waals surface area contributed by atoms with Crippen LogP contribution in [0.1, 0.15) is 13.3 Å². The number of benzene rings is 1. The molecule has 0 heterocycles. The number of hydrogen-bond acceptors (Lipinski definition) is 3. The number of aromatic hydroxyl groups is 1. The number of phenols is 1. The Morgan fingerprint density at radius 1 is 1.38 bits per heavy atom. The largest absolute Gasteiger partial charge is 0.508 e. The van der Waals surface area contributed by atoms with Crippen molar-refractivity contribution in [2.45, 2.75) is 19.4 Å². The minimum absolute atomic E-state index is 0.0776. The van der Waals surface area contributed by atoms with Crippen molar-refractivity contribution in [3.8, 4) is 11.5 Å². The van der Waals surface area contributed by atoms with Gasteiger partial charge in [-0.3, -0.25) is 0 Å². The fourth-order valence-electron chi connectivity index (χ4n) is 0.863. The second-order valence-electron chi connectivity index (χ2n) is 2.97. The Bertz CT molecular complexity index is 246. The van der Waals surface area contributed by atoms with E-state index in [0.29, 0.717) is 6.61 Å². The van der Waals surface area contributed by atoms with Crippen molar-refractivity contribution >= 4 is 0 Å². The summed E-state index contributed by atoms with van der Waals surface area (Å²) in [6.45, 7) is 2.53. The first kappa shape index (κ1) is 9.86. The molecule has 3 N–H and O–H groups in total. The quantitative estimate of drug-likeness (QED) is 0.740. The van der Waals surface area contributed by atoms with Gasteiger partial charge < -0.3 is 15.6 Å². The van der Waals surface area contributed by atoms with E-state index in [1.165, 1.54) is 0 Å². The Kier molecular flexibility index (Phi) is 3.58. The third-order valence-corrected chi connectivity index (χ3v) is 1.83. The summed E-state index contributed by atoms with van der Waals surface area (Å²) in [5, 5.41) is 9.00. The second kappa shape index (κ2) is 4.72. The molecular formula is C10H15NO2. The average molecular weight is 181 g/mol. The predicted molar refractivity (Wildman–Crippen MR) is 51.9 cm³/mol. The van der Waals surface area contributed by atoms with Crippen LogP contribution in [0.25, 0.3) is 0 Å². The van der Waals surface area contributed by atoms with E-state index >= 15 is 0 Å². The molecule has 1 atom stereocenters. The zero-order chi connectivity index (χ0) is 9.68. The first-order valence-electron chi connectivity index (χ1n) is 4.39. The first-order chi connectivity index (χ1) is 6.22. The highest BCUT2D eigenvalue weighted by molar-refractivity contribution is 5.30. The molecule has 0 unspecified atom stereocenters. The van der Waals surface area contributed by atoms with Crippen molar-refractivity contribution in [1.82, 2.24) is 0 Å². The molecule has 0 fully saturated rings. The van der Waals surface area contributed by atoms with Crippen LogP contribution in [0.4, 0.5) is 0 Å². The monoisotopic (exact) mass is 181 g/mol. The maximum Gasteiger partial charge on any atom is 0.119 e. The summed E-state index contributed by atoms with van der Waals surface area (Å²) in [7, 11) is 0. The van der Waals surface area contributed by atoms with E-state index < -0.39 is 0 Å². The van der Waals surface area contributed by atoms with Crippen LogP contribution in [-0.4, -0.2) is 17.8 Å². The number of phenolic OH excluding ortho intramolecular Hbond substituents is 1. The summed E-state index contributed by atoms with van der Waals surface area (Å²) < 4.78 is 5.38. The standard InChI is InChI=1S/C10H15NO2/c1-2-8(11)7-13-10-5-3-9(12)4-6-10/h3-6,8,12H,2,7,11H2,1H3/t8-/m1/s1. The Morgan fingerprint density at radius 2 is 2.00 bits per heavy atom. The molecule has 0 saturated heterocycles. The van der Waals surface area contributed by atoms with E-state index in [0.717, 1.165) is 12.2 Å². The van der Waals surface area contributed by atoms with Gasteiger partial charge in [0.25, 0.3) is 0 Å². The van der Waals surface area contributed by atoms with E-state index in [1.54, 1.807) is 24.3 Å². The Balaban J connectivity index is 2.41. The van der Waals surface area contributed by atoms with Gasteiger partial charge in [0.1, 0.15) is 18.1 Å². The molecule has 13 heavy (non-hydrogen) atoms. The molecule has 0 aliphatic carbocycles. The van der Waals surface area contributed by atoms with Gasteiger partial charge in [0, 0.05) is 6.04 Å². The summed E-state index contributed by atoms with van der Waals surface area (Å²) in [4.78, 5) is 0. The van der Waals surface area contributed by atoms with E-state index in [2.05, 4.69) is 0 Å². The summed E-state index contributed by atoms with van der Waals surface area (Å²) in [6, 6.07) is 6.70. The van der Waals surface area contributed by atoms with Crippen LogP contribution < -0.4 is 10.5 Å². The lowest BCUT2D eigenvalue weighted by Gasteiger charge is -2.10. The first-order valence-corrected chi connectivity index (χ1v) is 4.39. The molecule has 0 saturated carbocycles. The van der Waals surface area contributed by atoms with Gasteiger partial charge in [-0.05, 0) is 30.7 Å². The summed E-state index contributed by atoms with van der Waals surface area (Å²) in [6.07, 6.45) is 0.901. The highest BCUT2D eigenvalue weighted by Gasteiger charge is 1.99. The minimum atomic E-state index is 0.0776. The lowest BCUT2D eigenvalue weighted by atomic mass is 10.2. The van der Waals surface area contributed by atoms with Gasteiger partial charge in [-0.15, -0.1) is 0 Å². The lowest BCUT2D eigenvalue weighted by molar-refractivity contribution is 0.285. The number of ether oxygens (including phenoxy) is 1. The third-order valence-electron chi connectivity index (χ3n) is 1.83. The van der Waals surface area contributed by atoms with E-state index in [1.807, 2.05) is 6.92 Å². The molecule has 1 rings (SSSR count). The molecule has 1 aromatic carbocycles. The fraction of sp³-hybridized carbons (Fsp3) is 0.400. The average Bonchev–Trinajstić information content (AvgIpc) is 2.16. The second-order valence-corrected chi connectivity index (χ2v) is 2.97. The van der Waals surface area contributed by atoms with Crippen molar-refractivity contribution in [3.05, 3.63) is 24.3 Å². The van der Waals surface area contributed by atoms with Crippen molar-refractivity contribution in [2.24, 2.45) is 5.73 Å². The summed E-state index contributed by atoms with van der Waals surface area (Å²) >= 11 is 0. The van der Waals surface area contributed by atoms with Crippen LogP contribution in [0, 0.1) is 0 Å². The molecule has 3 nitrogen and oxygen atoms in total. The van der Waals surface area contributed by atoms with Gasteiger partial charge >= 0.3 is 0 Å². The maximum atomic E-state index is 9.00. The Hall–Kier alpha value is -1.22. The van der Waals surface area contributed by atoms with Crippen LogP contribution in [0.2, 0.25) is 0 Å². The summed E-state index contributed by atoms with van der Waals surface area (Å²) in [5.74, 6) is 0.980. The van der Waals surface area contributed by atoms with Gasteiger partial charge in [-0.1, -0.05) is 6.92 Å². The minimum Gasteiger partial charge on any atom is -0.508 e. The maximum absolute atomic E-state index is 9.00. The van der Waals surface area contributed by atoms with Gasteiger partial charge in [0.2, 0.25) is 0 Å². The molecule has 0 aliphatic rings. The Labute approximate surface area is 78.1 Å². The van der Waals surface area contributed by atoms with Gasteiger partial charge in [0.15, 0.2) is 0 Å². The van der Waals surface area contributed by atoms with Crippen LogP contribution in [0.3, 0.4) is 0 Å². The fourth-order valence-corrected chi connectivity index (χ4v) is 0.863. The van der Waals surface area contributed by atoms with Crippen LogP contribution >= 0.6 is 0 Å². The normalized spacial score (nSPS) is 12.5. The lowest BCUT2D eigenvalue weighted by Crippen LogP contribution is -2.26. The van der Waals surface area contributed by atoms with Gasteiger partial charge in [-0.2, -0.15) is 0 Å². The van der Waals surface area contributed by atoms with Crippen molar-refractivity contribution in [2.75, 3.05) is 6.61 Å². The van der Waals surface area contributed by atoms with Crippen LogP contribution in [0.15, 0.2) is 24.3 Å². The van der Waals surface area contributed by atoms with Gasteiger partial charge in [0.05, 0.1) is 0 Å². The van der Waals surface area contributed by atoms with Crippen molar-refractivity contribution in [3.63, 3.8) is 0 Å². The van der Waals surface area contributed by atoms with E-state index in [9.17, 15) is 0 Å². The molecule has 0 spiro atoms. The molecule has 0 bridgehead atoms. The van der Waals surface area contributed by atoms with Gasteiger partial charge in [-0.25, -0.2) is 0 Å². The van der Waals surface area contributed by atoms with E-state index in [4.69, 9.17) is 15.6 Å². The molecule has 0 aliphatic heterocycles. The molecule has 3 heteroatoms. The molecular weight excluding hydrogens is 166 g/mol. The number of hydrogen-bond donors (Lipinski definition) is 2. The molecule has 0 aromatic heterocycles. The van der Waals surface area contributed by atoms with Crippen LogP contribution in [0.5, 0.6) is 11.5 Å². The predicted octanol–water partition coefficient (Wildman–Crippen LogP) is 1.51. The van der Waals surface area contributed by atoms with Crippen molar-refractivity contribution in [1.29, 1.82) is 0 Å². The molecule has 1 aromatic rings. The molecule has 72 valence electrons. The molecule has 0 radical (unpaired) electrons. The number of nitrogens with two attached hydrogens (primary N) is 1. The topological polar surface area (TPSA) is 55.5 Å². The zero-order valence-corrected chi connectivity index (χ0v) is 7.73. The zero-order valence-electron chi connectivity index (χ0n) is 7.73. The van der Waals surface area contributed by atoms with E-state index in [-0.39, 0.29) is 11.8 Å². The highest BCUT2D eigenvalue weighted by atomic mass is 16.5.